The summed E-state index contributed by atoms with van der Waals surface area (Å²) in [6.07, 6.45) is 1.84. The summed E-state index contributed by atoms with van der Waals surface area (Å²) < 4.78 is 1.17. The number of nitrogens with one attached hydrogen (secondary N) is 1. The third kappa shape index (κ3) is 5.28. The molecular formula is C12H21BrN2. The first-order valence-electron chi connectivity index (χ1n) is 5.26. The van der Waals surface area contributed by atoms with Gasteiger partial charge in [-0.05, 0) is 41.7 Å². The summed E-state index contributed by atoms with van der Waals surface area (Å²) in [5.41, 5.74) is 2.51. The molecule has 0 heterocycles. The summed E-state index contributed by atoms with van der Waals surface area (Å²) in [4.78, 5) is 3.87. The van der Waals surface area contributed by atoms with E-state index < -0.39 is 0 Å². The van der Waals surface area contributed by atoms with Crippen LogP contribution in [0.1, 0.15) is 27.7 Å². The summed E-state index contributed by atoms with van der Waals surface area (Å²) in [5.74, 6) is 0.482. The Morgan fingerprint density at radius 1 is 1.53 bits per heavy atom. The lowest BCUT2D eigenvalue weighted by molar-refractivity contribution is 0.724. The van der Waals surface area contributed by atoms with E-state index >= 15 is 0 Å². The number of nitrogens with zero attached hydrogens (tertiary/aromatic N) is 1. The van der Waals surface area contributed by atoms with E-state index in [1.54, 1.807) is 0 Å². The fourth-order valence-electron chi connectivity index (χ4n) is 1.57. The Kier molecular flexibility index (Phi) is 7.61. The molecule has 0 spiro atoms. The fourth-order valence-corrected chi connectivity index (χ4v) is 2.28. The number of allylic oxidation sites excluding steroid dienone is 1. The molecule has 0 unspecified atom stereocenters. The van der Waals surface area contributed by atoms with Gasteiger partial charge in [-0.25, -0.2) is 0 Å². The largest absolute Gasteiger partial charge is 0.313 e. The van der Waals surface area contributed by atoms with Gasteiger partial charge in [0.25, 0.3) is 0 Å². The van der Waals surface area contributed by atoms with Gasteiger partial charge in [-0.1, -0.05) is 36.7 Å². The molecule has 86 valence electrons. The second kappa shape index (κ2) is 7.83. The SMILES string of the molecule is C=N/C=C(CNCC)\C(=C(/C)Br)C(C)C. The predicted molar refractivity (Wildman–Crippen MR) is 72.6 cm³/mol. The van der Waals surface area contributed by atoms with Crippen molar-refractivity contribution < 1.29 is 0 Å². The van der Waals surface area contributed by atoms with Crippen LogP contribution in [-0.4, -0.2) is 19.8 Å². The first kappa shape index (κ1) is 14.6. The Labute approximate surface area is 102 Å². The van der Waals surface area contributed by atoms with E-state index in [1.807, 2.05) is 6.20 Å². The molecule has 0 saturated carbocycles. The number of halogens is 1. The topological polar surface area (TPSA) is 24.4 Å². The van der Waals surface area contributed by atoms with Crippen LogP contribution in [0.4, 0.5) is 0 Å². The maximum absolute atomic E-state index is 3.87. The van der Waals surface area contributed by atoms with E-state index in [0.717, 1.165) is 13.1 Å². The van der Waals surface area contributed by atoms with Crippen LogP contribution in [0.3, 0.4) is 0 Å². The minimum atomic E-state index is 0.482. The van der Waals surface area contributed by atoms with Gasteiger partial charge in [0, 0.05) is 12.7 Å². The van der Waals surface area contributed by atoms with Crippen molar-refractivity contribution in [2.75, 3.05) is 13.1 Å². The van der Waals surface area contributed by atoms with Gasteiger partial charge in [0.2, 0.25) is 0 Å². The molecule has 0 amide bonds. The van der Waals surface area contributed by atoms with Crippen molar-refractivity contribution in [2.45, 2.75) is 27.7 Å². The molecule has 0 atom stereocenters. The van der Waals surface area contributed by atoms with Crippen molar-refractivity contribution in [1.82, 2.24) is 5.32 Å². The molecule has 0 radical (unpaired) electrons. The standard InChI is InChI=1S/C12H21BrN2/c1-6-15-8-11(7-14-5)12(9(2)3)10(4)13/h7,9,15H,5-6,8H2,1-4H3/b11-7-,12-10+. The quantitative estimate of drug-likeness (QED) is 0.581. The zero-order chi connectivity index (χ0) is 11.8. The van der Waals surface area contributed by atoms with Crippen LogP contribution in [0.15, 0.2) is 26.8 Å². The van der Waals surface area contributed by atoms with E-state index in [-0.39, 0.29) is 0 Å². The normalized spacial score (nSPS) is 14.1. The van der Waals surface area contributed by atoms with Gasteiger partial charge in [-0.3, -0.25) is 4.99 Å². The number of rotatable bonds is 6. The van der Waals surface area contributed by atoms with Crippen molar-refractivity contribution in [3.8, 4) is 0 Å². The average molecular weight is 273 g/mol. The summed E-state index contributed by atoms with van der Waals surface area (Å²) in [6, 6.07) is 0. The Hall–Kier alpha value is -0.410. The lowest BCUT2D eigenvalue weighted by Crippen LogP contribution is -2.18. The summed E-state index contributed by atoms with van der Waals surface area (Å²) in [7, 11) is 0. The summed E-state index contributed by atoms with van der Waals surface area (Å²) in [6.45, 7) is 13.8. The van der Waals surface area contributed by atoms with Crippen molar-refractivity contribution in [2.24, 2.45) is 10.9 Å². The second-order valence-corrected chi connectivity index (χ2v) is 4.91. The Balaban J connectivity index is 4.96. The summed E-state index contributed by atoms with van der Waals surface area (Å²) in [5, 5.41) is 3.31. The van der Waals surface area contributed by atoms with Crippen molar-refractivity contribution in [3.63, 3.8) is 0 Å². The molecule has 0 aliphatic heterocycles. The molecule has 0 aromatic heterocycles. The average Bonchev–Trinajstić information content (AvgIpc) is 2.13. The molecule has 0 rings (SSSR count). The number of likely N-dealkylation sites (N-methyl/N-ethyl adjacent to an activating group) is 1. The van der Waals surface area contributed by atoms with Crippen LogP contribution >= 0.6 is 15.9 Å². The highest BCUT2D eigenvalue weighted by molar-refractivity contribution is 9.11. The highest BCUT2D eigenvalue weighted by atomic mass is 79.9. The Bertz CT molecular complexity index is 261. The van der Waals surface area contributed by atoms with Crippen molar-refractivity contribution >= 4 is 22.6 Å². The smallest absolute Gasteiger partial charge is 0.0308 e. The highest BCUT2D eigenvalue weighted by Gasteiger charge is 2.11. The van der Waals surface area contributed by atoms with Crippen LogP contribution < -0.4 is 5.32 Å². The van der Waals surface area contributed by atoms with Gasteiger partial charge in [0.1, 0.15) is 0 Å². The molecular weight excluding hydrogens is 252 g/mol. The van der Waals surface area contributed by atoms with Crippen LogP contribution in [0.25, 0.3) is 0 Å². The van der Waals surface area contributed by atoms with E-state index in [9.17, 15) is 0 Å². The van der Waals surface area contributed by atoms with E-state index in [0.29, 0.717) is 5.92 Å². The summed E-state index contributed by atoms with van der Waals surface area (Å²) >= 11 is 3.55. The Morgan fingerprint density at radius 3 is 2.47 bits per heavy atom. The number of hydrogen-bond donors (Lipinski definition) is 1. The van der Waals surface area contributed by atoms with Crippen LogP contribution in [0.5, 0.6) is 0 Å². The maximum atomic E-state index is 3.87. The third-order valence-electron chi connectivity index (χ3n) is 2.11. The molecule has 2 nitrogen and oxygen atoms in total. The minimum Gasteiger partial charge on any atom is -0.313 e. The van der Waals surface area contributed by atoms with Crippen LogP contribution in [-0.2, 0) is 0 Å². The first-order valence-corrected chi connectivity index (χ1v) is 6.06. The molecule has 0 saturated heterocycles. The highest BCUT2D eigenvalue weighted by Crippen LogP contribution is 2.26. The minimum absolute atomic E-state index is 0.482. The molecule has 0 aromatic carbocycles. The van der Waals surface area contributed by atoms with E-state index in [4.69, 9.17) is 0 Å². The molecule has 0 bridgehead atoms. The molecule has 1 N–H and O–H groups in total. The molecule has 0 aliphatic rings. The molecule has 0 aliphatic carbocycles. The van der Waals surface area contributed by atoms with Gasteiger partial charge in [0.05, 0.1) is 0 Å². The monoisotopic (exact) mass is 272 g/mol. The first-order chi connectivity index (χ1) is 7.04. The van der Waals surface area contributed by atoms with Gasteiger partial charge in [-0.2, -0.15) is 0 Å². The van der Waals surface area contributed by atoms with Crippen LogP contribution in [0.2, 0.25) is 0 Å². The molecule has 0 aromatic rings. The van der Waals surface area contributed by atoms with Crippen molar-refractivity contribution in [1.29, 1.82) is 0 Å². The van der Waals surface area contributed by atoms with Gasteiger partial charge < -0.3 is 5.32 Å². The third-order valence-corrected chi connectivity index (χ3v) is 2.53. The zero-order valence-electron chi connectivity index (χ0n) is 10.1. The number of hydrogen-bond acceptors (Lipinski definition) is 2. The zero-order valence-corrected chi connectivity index (χ0v) is 11.7. The second-order valence-electron chi connectivity index (χ2n) is 3.72. The maximum Gasteiger partial charge on any atom is 0.0308 e. The molecule has 3 heteroatoms. The van der Waals surface area contributed by atoms with E-state index in [1.165, 1.54) is 15.6 Å². The lowest BCUT2D eigenvalue weighted by atomic mass is 9.95. The van der Waals surface area contributed by atoms with Gasteiger partial charge >= 0.3 is 0 Å². The molecule has 15 heavy (non-hydrogen) atoms. The molecule has 0 fully saturated rings. The fraction of sp³-hybridized carbons (Fsp3) is 0.583. The van der Waals surface area contributed by atoms with E-state index in [2.05, 4.69) is 60.7 Å². The number of aliphatic imine (C=N–C) groups is 1. The van der Waals surface area contributed by atoms with Crippen molar-refractivity contribution in [3.05, 3.63) is 21.8 Å². The van der Waals surface area contributed by atoms with Gasteiger partial charge in [0.15, 0.2) is 0 Å². The predicted octanol–water partition coefficient (Wildman–Crippen LogP) is 3.51. The van der Waals surface area contributed by atoms with Gasteiger partial charge in [-0.15, -0.1) is 0 Å². The van der Waals surface area contributed by atoms with Crippen LogP contribution in [0, 0.1) is 5.92 Å². The lowest BCUT2D eigenvalue weighted by Gasteiger charge is -2.16. The Morgan fingerprint density at radius 2 is 2.13 bits per heavy atom.